The number of guanidine groups is 1. The Morgan fingerprint density at radius 3 is 2.48 bits per heavy atom. The minimum Gasteiger partial charge on any atom is -0.359 e. The first kappa shape index (κ1) is 22.2. The first-order valence-electron chi connectivity index (χ1n) is 8.58. The van der Waals surface area contributed by atoms with E-state index >= 15 is 0 Å². The summed E-state index contributed by atoms with van der Waals surface area (Å²) < 4.78 is 5.41. The summed E-state index contributed by atoms with van der Waals surface area (Å²) in [5, 5.41) is 10.8. The Morgan fingerprint density at radius 2 is 1.91 bits per heavy atom. The summed E-state index contributed by atoms with van der Waals surface area (Å²) in [5.74, 6) is 2.83. The molecule has 6 heteroatoms. The monoisotopic (exact) mass is 436 g/mol. The lowest BCUT2D eigenvalue weighted by atomic mass is 9.99. The van der Waals surface area contributed by atoms with Gasteiger partial charge in [-0.2, -0.15) is 0 Å². The lowest BCUT2D eigenvalue weighted by Gasteiger charge is -2.11. The van der Waals surface area contributed by atoms with Gasteiger partial charge in [0.25, 0.3) is 0 Å². The molecule has 0 fully saturated rings. The molecule has 0 aliphatic rings. The number of hydrogen-bond acceptors (Lipinski definition) is 3. The zero-order chi connectivity index (χ0) is 16.4. The Bertz CT molecular complexity index is 442. The molecule has 5 nitrogen and oxygen atoms in total. The maximum atomic E-state index is 5.41. The van der Waals surface area contributed by atoms with Crippen molar-refractivity contribution in [1.29, 1.82) is 0 Å². The molecule has 1 aromatic rings. The molecule has 0 saturated heterocycles. The maximum absolute atomic E-state index is 5.41. The number of nitrogens with zero attached hydrogens (tertiary/aromatic N) is 2. The van der Waals surface area contributed by atoms with Crippen molar-refractivity contribution < 1.29 is 4.52 Å². The summed E-state index contributed by atoms with van der Waals surface area (Å²) >= 11 is 0. The van der Waals surface area contributed by atoms with Gasteiger partial charge in [0, 0.05) is 25.1 Å². The maximum Gasteiger partial charge on any atom is 0.191 e. The van der Waals surface area contributed by atoms with E-state index in [1.165, 1.54) is 0 Å². The van der Waals surface area contributed by atoms with Gasteiger partial charge in [0.2, 0.25) is 0 Å². The van der Waals surface area contributed by atoms with Crippen LogP contribution in [0.1, 0.15) is 71.3 Å². The molecule has 0 aliphatic heterocycles. The lowest BCUT2D eigenvalue weighted by molar-refractivity contribution is 0.372. The molecule has 0 saturated carbocycles. The molecular weight excluding hydrogens is 403 g/mol. The summed E-state index contributed by atoms with van der Waals surface area (Å²) in [7, 11) is 0. The zero-order valence-corrected chi connectivity index (χ0v) is 17.5. The second kappa shape index (κ2) is 12.6. The van der Waals surface area contributed by atoms with Crippen LogP contribution in [0.15, 0.2) is 15.6 Å². The molecule has 0 amide bonds. The van der Waals surface area contributed by atoms with E-state index in [-0.39, 0.29) is 24.0 Å². The summed E-state index contributed by atoms with van der Waals surface area (Å²) in [6.07, 6.45) is 3.31. The van der Waals surface area contributed by atoms with Crippen LogP contribution in [0.25, 0.3) is 0 Å². The normalized spacial score (nSPS) is 11.7. The average molecular weight is 436 g/mol. The molecule has 0 unspecified atom stereocenters. The van der Waals surface area contributed by atoms with E-state index in [2.05, 4.69) is 55.4 Å². The first-order valence-corrected chi connectivity index (χ1v) is 8.58. The van der Waals surface area contributed by atoms with Crippen molar-refractivity contribution >= 4 is 29.9 Å². The third kappa shape index (κ3) is 8.58. The Morgan fingerprint density at radius 1 is 1.22 bits per heavy atom. The van der Waals surface area contributed by atoms with E-state index in [0.29, 0.717) is 18.4 Å². The largest absolute Gasteiger partial charge is 0.359 e. The van der Waals surface area contributed by atoms with Gasteiger partial charge in [-0.15, -0.1) is 24.0 Å². The van der Waals surface area contributed by atoms with Crippen molar-refractivity contribution in [1.82, 2.24) is 15.8 Å². The molecule has 1 rings (SSSR count). The minimum absolute atomic E-state index is 0. The molecule has 0 aliphatic carbocycles. The van der Waals surface area contributed by atoms with Crippen molar-refractivity contribution in [3.8, 4) is 0 Å². The number of rotatable bonds is 9. The van der Waals surface area contributed by atoms with Crippen LogP contribution >= 0.6 is 24.0 Å². The Kier molecular flexibility index (Phi) is 12.2. The molecule has 0 bridgehead atoms. The van der Waals surface area contributed by atoms with E-state index in [4.69, 9.17) is 4.52 Å². The number of aromatic nitrogens is 1. The first-order chi connectivity index (χ1) is 10.6. The highest BCUT2D eigenvalue weighted by Crippen LogP contribution is 2.22. The van der Waals surface area contributed by atoms with Crippen LogP contribution < -0.4 is 10.6 Å². The number of hydrogen-bond donors (Lipinski definition) is 2. The highest BCUT2D eigenvalue weighted by Gasteiger charge is 2.12. The van der Waals surface area contributed by atoms with Crippen LogP contribution in [-0.4, -0.2) is 24.2 Å². The second-order valence-corrected chi connectivity index (χ2v) is 6.04. The van der Waals surface area contributed by atoms with E-state index in [9.17, 15) is 0 Å². The second-order valence-electron chi connectivity index (χ2n) is 6.04. The molecule has 134 valence electrons. The van der Waals surface area contributed by atoms with E-state index in [1.807, 2.05) is 6.07 Å². The van der Waals surface area contributed by atoms with E-state index < -0.39 is 0 Å². The molecular formula is C17H33IN4O. The van der Waals surface area contributed by atoms with E-state index in [0.717, 1.165) is 49.8 Å². The highest BCUT2D eigenvalue weighted by atomic mass is 127. The topological polar surface area (TPSA) is 62.5 Å². The standard InChI is InChI=1S/C17H32N4O.HI/c1-6-14(7-2)16-11-15(22-21-16)12-20-17(18-8-3)19-10-9-13(4)5;/h11,13-14H,6-10,12H2,1-5H3,(H2,18,19,20);1H. The van der Waals surface area contributed by atoms with Crippen LogP contribution in [0.5, 0.6) is 0 Å². The average Bonchev–Trinajstić information content (AvgIpc) is 2.94. The number of nitrogens with one attached hydrogen (secondary N) is 2. The molecule has 0 aromatic carbocycles. The summed E-state index contributed by atoms with van der Waals surface area (Å²) in [4.78, 5) is 4.57. The zero-order valence-electron chi connectivity index (χ0n) is 15.2. The SMILES string of the molecule is CCNC(=NCc1cc(C(CC)CC)no1)NCCC(C)C.I. The van der Waals surface area contributed by atoms with Crippen molar-refractivity contribution in [3.05, 3.63) is 17.5 Å². The number of aliphatic imine (C=N–C) groups is 1. The minimum atomic E-state index is 0. The lowest BCUT2D eigenvalue weighted by Crippen LogP contribution is -2.38. The summed E-state index contributed by atoms with van der Waals surface area (Å²) in [6, 6.07) is 2.04. The Hall–Kier alpha value is -0.790. The van der Waals surface area contributed by atoms with Gasteiger partial charge in [-0.05, 0) is 32.1 Å². The fourth-order valence-corrected chi connectivity index (χ4v) is 2.28. The van der Waals surface area contributed by atoms with Crippen molar-refractivity contribution in [2.24, 2.45) is 10.9 Å². The molecule has 0 radical (unpaired) electrons. The van der Waals surface area contributed by atoms with Crippen LogP contribution in [0.2, 0.25) is 0 Å². The van der Waals surface area contributed by atoms with Crippen LogP contribution in [-0.2, 0) is 6.54 Å². The van der Waals surface area contributed by atoms with Gasteiger partial charge in [0.15, 0.2) is 11.7 Å². The van der Waals surface area contributed by atoms with Crippen molar-refractivity contribution in [2.45, 2.75) is 66.3 Å². The fraction of sp³-hybridized carbons (Fsp3) is 0.765. The van der Waals surface area contributed by atoms with Crippen LogP contribution in [0.4, 0.5) is 0 Å². The highest BCUT2D eigenvalue weighted by molar-refractivity contribution is 14.0. The van der Waals surface area contributed by atoms with Gasteiger partial charge in [0.05, 0.1) is 5.69 Å². The third-order valence-corrected chi connectivity index (χ3v) is 3.73. The van der Waals surface area contributed by atoms with Gasteiger partial charge < -0.3 is 15.2 Å². The smallest absolute Gasteiger partial charge is 0.191 e. The molecule has 0 atom stereocenters. The third-order valence-electron chi connectivity index (χ3n) is 3.73. The molecule has 1 heterocycles. The predicted octanol–water partition coefficient (Wildman–Crippen LogP) is 4.30. The fourth-order valence-electron chi connectivity index (χ4n) is 2.28. The summed E-state index contributed by atoms with van der Waals surface area (Å²) in [5.41, 5.74) is 1.05. The van der Waals surface area contributed by atoms with Gasteiger partial charge in [-0.1, -0.05) is 32.9 Å². The van der Waals surface area contributed by atoms with Gasteiger partial charge in [-0.3, -0.25) is 0 Å². The Labute approximate surface area is 158 Å². The van der Waals surface area contributed by atoms with Gasteiger partial charge in [-0.25, -0.2) is 4.99 Å². The van der Waals surface area contributed by atoms with Crippen LogP contribution in [0.3, 0.4) is 0 Å². The van der Waals surface area contributed by atoms with Crippen molar-refractivity contribution in [3.63, 3.8) is 0 Å². The number of halogens is 1. The van der Waals surface area contributed by atoms with E-state index in [1.54, 1.807) is 0 Å². The molecule has 0 spiro atoms. The summed E-state index contributed by atoms with van der Waals surface area (Å²) in [6.45, 7) is 13.2. The van der Waals surface area contributed by atoms with Gasteiger partial charge >= 0.3 is 0 Å². The quantitative estimate of drug-likeness (QED) is 0.344. The van der Waals surface area contributed by atoms with Crippen LogP contribution in [0, 0.1) is 5.92 Å². The van der Waals surface area contributed by atoms with Crippen molar-refractivity contribution in [2.75, 3.05) is 13.1 Å². The molecule has 2 N–H and O–H groups in total. The molecule has 23 heavy (non-hydrogen) atoms. The predicted molar refractivity (Wildman–Crippen MR) is 108 cm³/mol. The Balaban J connectivity index is 0.00000484. The molecule has 1 aromatic heterocycles. The van der Waals surface area contributed by atoms with Gasteiger partial charge in [0.1, 0.15) is 6.54 Å².